The molecule has 0 unspecified atom stereocenters. The summed E-state index contributed by atoms with van der Waals surface area (Å²) < 4.78 is 5.73. The molecule has 1 N–H and O–H groups in total. The largest absolute Gasteiger partial charge is 0.493 e. The Hall–Kier alpha value is -0.730. The lowest BCUT2D eigenvalue weighted by Gasteiger charge is -2.11. The third-order valence-electron chi connectivity index (χ3n) is 2.23. The van der Waals surface area contributed by atoms with E-state index in [0.29, 0.717) is 0 Å². The van der Waals surface area contributed by atoms with Gasteiger partial charge in [0.05, 0.1) is 6.61 Å². The number of nitrogens with one attached hydrogen (secondary N) is 1. The number of halogens is 1. The molecule has 0 spiro atoms. The fourth-order valence-corrected chi connectivity index (χ4v) is 1.45. The van der Waals surface area contributed by atoms with Crippen LogP contribution in [0.4, 0.5) is 0 Å². The van der Waals surface area contributed by atoms with E-state index in [-0.39, 0.29) is 12.4 Å². The van der Waals surface area contributed by atoms with Crippen molar-refractivity contribution < 1.29 is 4.74 Å². The van der Waals surface area contributed by atoms with E-state index in [1.807, 2.05) is 7.05 Å². The highest BCUT2D eigenvalue weighted by Gasteiger charge is 2.01. The van der Waals surface area contributed by atoms with Crippen LogP contribution in [0.1, 0.15) is 17.5 Å². The summed E-state index contributed by atoms with van der Waals surface area (Å²) in [5.74, 6) is 1.05. The molecular formula is C12H20ClNO. The summed E-state index contributed by atoms with van der Waals surface area (Å²) in [5, 5.41) is 3.10. The molecule has 0 radical (unpaired) electrons. The van der Waals surface area contributed by atoms with Crippen molar-refractivity contribution in [2.75, 3.05) is 20.2 Å². The molecule has 15 heavy (non-hydrogen) atoms. The first-order valence-electron chi connectivity index (χ1n) is 5.09. The lowest BCUT2D eigenvalue weighted by atomic mass is 10.1. The van der Waals surface area contributed by atoms with Gasteiger partial charge in [-0.1, -0.05) is 18.2 Å². The lowest BCUT2D eigenvalue weighted by Crippen LogP contribution is -2.12. The van der Waals surface area contributed by atoms with Crippen molar-refractivity contribution >= 4 is 12.4 Å². The molecule has 0 amide bonds. The lowest BCUT2D eigenvalue weighted by molar-refractivity contribution is 0.306. The van der Waals surface area contributed by atoms with Crippen molar-refractivity contribution in [3.05, 3.63) is 29.3 Å². The van der Waals surface area contributed by atoms with Crippen LogP contribution in [-0.4, -0.2) is 20.2 Å². The smallest absolute Gasteiger partial charge is 0.125 e. The Bertz CT molecular complexity index is 269. The highest BCUT2D eigenvalue weighted by atomic mass is 35.5. The predicted molar refractivity (Wildman–Crippen MR) is 67.2 cm³/mol. The minimum atomic E-state index is 0. The van der Waals surface area contributed by atoms with E-state index in [4.69, 9.17) is 4.74 Å². The van der Waals surface area contributed by atoms with Crippen LogP contribution in [0.25, 0.3) is 0 Å². The highest BCUT2D eigenvalue weighted by Crippen LogP contribution is 2.22. The van der Waals surface area contributed by atoms with E-state index in [9.17, 15) is 0 Å². The zero-order chi connectivity index (χ0) is 10.4. The van der Waals surface area contributed by atoms with Crippen LogP contribution < -0.4 is 10.1 Å². The standard InChI is InChI=1S/C12H19NO.ClH/c1-10-6-4-7-11(2)12(10)14-9-5-8-13-3;/h4,6-7,13H,5,8-9H2,1-3H3;1H. The van der Waals surface area contributed by atoms with E-state index < -0.39 is 0 Å². The molecule has 1 rings (SSSR count). The number of benzene rings is 1. The summed E-state index contributed by atoms with van der Waals surface area (Å²) in [7, 11) is 1.96. The maximum atomic E-state index is 5.73. The number of hydrogen-bond donors (Lipinski definition) is 1. The van der Waals surface area contributed by atoms with Crippen molar-refractivity contribution in [3.63, 3.8) is 0 Å². The molecule has 86 valence electrons. The van der Waals surface area contributed by atoms with Crippen LogP contribution in [0, 0.1) is 13.8 Å². The van der Waals surface area contributed by atoms with Crippen LogP contribution >= 0.6 is 12.4 Å². The van der Waals surface area contributed by atoms with Gasteiger partial charge in [0.25, 0.3) is 0 Å². The van der Waals surface area contributed by atoms with Crippen molar-refractivity contribution in [3.8, 4) is 5.75 Å². The summed E-state index contributed by atoms with van der Waals surface area (Å²) in [6, 6.07) is 6.23. The first kappa shape index (κ1) is 14.3. The van der Waals surface area contributed by atoms with Crippen molar-refractivity contribution in [1.82, 2.24) is 5.32 Å². The van der Waals surface area contributed by atoms with Crippen molar-refractivity contribution in [2.45, 2.75) is 20.3 Å². The quantitative estimate of drug-likeness (QED) is 0.784. The first-order valence-corrected chi connectivity index (χ1v) is 5.09. The molecular weight excluding hydrogens is 210 g/mol. The van der Waals surface area contributed by atoms with Crippen molar-refractivity contribution in [2.24, 2.45) is 0 Å². The molecule has 0 aliphatic carbocycles. The number of ether oxygens (including phenoxy) is 1. The van der Waals surface area contributed by atoms with Gasteiger partial charge in [0.1, 0.15) is 5.75 Å². The van der Waals surface area contributed by atoms with Gasteiger partial charge in [0.15, 0.2) is 0 Å². The summed E-state index contributed by atoms with van der Waals surface area (Å²) in [5.41, 5.74) is 2.43. The number of hydrogen-bond acceptors (Lipinski definition) is 2. The van der Waals surface area contributed by atoms with Gasteiger partial charge in [-0.25, -0.2) is 0 Å². The predicted octanol–water partition coefficient (Wildman–Crippen LogP) is 2.71. The minimum Gasteiger partial charge on any atom is -0.493 e. The maximum Gasteiger partial charge on any atom is 0.125 e. The summed E-state index contributed by atoms with van der Waals surface area (Å²) in [4.78, 5) is 0. The monoisotopic (exact) mass is 229 g/mol. The SMILES string of the molecule is CNCCCOc1c(C)cccc1C.Cl. The van der Waals surface area contributed by atoms with Gasteiger partial charge in [-0.2, -0.15) is 0 Å². The Morgan fingerprint density at radius 1 is 1.20 bits per heavy atom. The fourth-order valence-electron chi connectivity index (χ4n) is 1.45. The van der Waals surface area contributed by atoms with E-state index in [0.717, 1.165) is 25.3 Å². The van der Waals surface area contributed by atoms with Gasteiger partial charge >= 0.3 is 0 Å². The summed E-state index contributed by atoms with van der Waals surface area (Å²) in [6.45, 7) is 5.96. The Morgan fingerprint density at radius 3 is 2.33 bits per heavy atom. The second-order valence-electron chi connectivity index (χ2n) is 3.53. The van der Waals surface area contributed by atoms with Crippen molar-refractivity contribution in [1.29, 1.82) is 0 Å². The van der Waals surface area contributed by atoms with E-state index >= 15 is 0 Å². The molecule has 1 aromatic rings. The molecule has 0 aliphatic heterocycles. The van der Waals surface area contributed by atoms with E-state index in [1.165, 1.54) is 11.1 Å². The number of rotatable bonds is 5. The van der Waals surface area contributed by atoms with Gasteiger partial charge in [0.2, 0.25) is 0 Å². The van der Waals surface area contributed by atoms with E-state index in [1.54, 1.807) is 0 Å². The average Bonchev–Trinajstić information content (AvgIpc) is 2.16. The molecule has 0 aliphatic rings. The molecule has 0 fully saturated rings. The number of aryl methyl sites for hydroxylation is 2. The van der Waals surface area contributed by atoms with Crippen LogP contribution in [0.5, 0.6) is 5.75 Å². The topological polar surface area (TPSA) is 21.3 Å². The molecule has 0 saturated carbocycles. The minimum absolute atomic E-state index is 0. The maximum absolute atomic E-state index is 5.73. The van der Waals surface area contributed by atoms with Gasteiger partial charge in [-0.15, -0.1) is 12.4 Å². The molecule has 1 aromatic carbocycles. The Labute approximate surface area is 98.4 Å². The normalized spacial score (nSPS) is 9.53. The van der Waals surface area contributed by atoms with Crippen LogP contribution in [-0.2, 0) is 0 Å². The number of para-hydroxylation sites is 1. The van der Waals surface area contributed by atoms with Crippen LogP contribution in [0.2, 0.25) is 0 Å². The molecule has 2 nitrogen and oxygen atoms in total. The molecule has 0 heterocycles. The van der Waals surface area contributed by atoms with Gasteiger partial charge < -0.3 is 10.1 Å². The van der Waals surface area contributed by atoms with Crippen LogP contribution in [0.15, 0.2) is 18.2 Å². The molecule has 3 heteroatoms. The third-order valence-corrected chi connectivity index (χ3v) is 2.23. The summed E-state index contributed by atoms with van der Waals surface area (Å²) >= 11 is 0. The zero-order valence-corrected chi connectivity index (χ0v) is 10.5. The Kier molecular flexibility index (Phi) is 7.18. The molecule has 0 bridgehead atoms. The van der Waals surface area contributed by atoms with Gasteiger partial charge in [0, 0.05) is 0 Å². The highest BCUT2D eigenvalue weighted by molar-refractivity contribution is 5.85. The molecule has 0 aromatic heterocycles. The second-order valence-corrected chi connectivity index (χ2v) is 3.53. The fraction of sp³-hybridized carbons (Fsp3) is 0.500. The second kappa shape index (κ2) is 7.55. The zero-order valence-electron chi connectivity index (χ0n) is 9.67. The van der Waals surface area contributed by atoms with Gasteiger partial charge in [-0.3, -0.25) is 0 Å². The Morgan fingerprint density at radius 2 is 1.80 bits per heavy atom. The third kappa shape index (κ3) is 4.54. The van der Waals surface area contributed by atoms with Crippen LogP contribution in [0.3, 0.4) is 0 Å². The molecule has 0 atom stereocenters. The first-order chi connectivity index (χ1) is 6.75. The van der Waals surface area contributed by atoms with Gasteiger partial charge in [-0.05, 0) is 45.0 Å². The summed E-state index contributed by atoms with van der Waals surface area (Å²) in [6.07, 6.45) is 1.05. The Balaban J connectivity index is 0.00000196. The van der Waals surface area contributed by atoms with E-state index in [2.05, 4.69) is 37.4 Å². The molecule has 0 saturated heterocycles. The average molecular weight is 230 g/mol.